The van der Waals surface area contributed by atoms with Crippen molar-refractivity contribution in [3.8, 4) is 0 Å². The molecular weight excluding hydrogens is 467 g/mol. The standard InChI is InChI=1S/C19H11Br2ClN2O/c20-10-5-6-16-13(7-10)14-8-11(21)9-17(18(14)23-16)24-19(25)12-3-1-2-4-15(12)22/h1-9,23H,(H,24,25). The van der Waals surface area contributed by atoms with E-state index in [1.165, 1.54) is 0 Å². The Morgan fingerprint density at radius 2 is 1.72 bits per heavy atom. The number of anilines is 1. The molecule has 0 spiro atoms. The fourth-order valence-electron chi connectivity index (χ4n) is 2.87. The molecule has 0 unspecified atom stereocenters. The van der Waals surface area contributed by atoms with Crippen molar-refractivity contribution in [3.05, 3.63) is 74.1 Å². The summed E-state index contributed by atoms with van der Waals surface area (Å²) in [7, 11) is 0. The van der Waals surface area contributed by atoms with Crippen LogP contribution in [0.2, 0.25) is 5.02 Å². The van der Waals surface area contributed by atoms with E-state index in [9.17, 15) is 4.79 Å². The highest BCUT2D eigenvalue weighted by atomic mass is 79.9. The monoisotopic (exact) mass is 476 g/mol. The maximum atomic E-state index is 12.6. The SMILES string of the molecule is O=C(Nc1cc(Br)cc2c1[nH]c1ccc(Br)cc12)c1ccccc1Cl. The predicted octanol–water partition coefficient (Wildman–Crippen LogP) is 6.75. The number of benzene rings is 3. The Bertz CT molecular complexity index is 1140. The molecule has 124 valence electrons. The fourth-order valence-corrected chi connectivity index (χ4v) is 3.91. The maximum Gasteiger partial charge on any atom is 0.257 e. The summed E-state index contributed by atoms with van der Waals surface area (Å²) in [5, 5.41) is 5.50. The molecule has 0 aliphatic heterocycles. The summed E-state index contributed by atoms with van der Waals surface area (Å²) in [6, 6.07) is 16.9. The van der Waals surface area contributed by atoms with Crippen LogP contribution in [0.1, 0.15) is 10.4 Å². The number of aromatic amines is 1. The molecule has 25 heavy (non-hydrogen) atoms. The number of fused-ring (bicyclic) bond motifs is 3. The first kappa shape index (κ1) is 16.6. The average Bonchev–Trinajstić information content (AvgIpc) is 2.93. The lowest BCUT2D eigenvalue weighted by molar-refractivity contribution is 0.102. The van der Waals surface area contributed by atoms with Crippen LogP contribution in [0, 0.1) is 0 Å². The number of rotatable bonds is 2. The van der Waals surface area contributed by atoms with Crippen molar-refractivity contribution >= 4 is 76.9 Å². The summed E-state index contributed by atoms with van der Waals surface area (Å²) in [5.74, 6) is -0.246. The molecule has 1 aromatic heterocycles. The highest BCUT2D eigenvalue weighted by Crippen LogP contribution is 2.35. The van der Waals surface area contributed by atoms with Gasteiger partial charge in [0.2, 0.25) is 0 Å². The van der Waals surface area contributed by atoms with E-state index in [-0.39, 0.29) is 5.91 Å². The second kappa shape index (κ2) is 6.48. The molecule has 2 N–H and O–H groups in total. The van der Waals surface area contributed by atoms with E-state index in [1.54, 1.807) is 24.3 Å². The highest BCUT2D eigenvalue weighted by molar-refractivity contribution is 9.10. The molecule has 1 amide bonds. The first-order valence-corrected chi connectivity index (χ1v) is 9.46. The van der Waals surface area contributed by atoms with Crippen LogP contribution in [0.5, 0.6) is 0 Å². The number of aromatic nitrogens is 1. The van der Waals surface area contributed by atoms with Crippen LogP contribution in [0.3, 0.4) is 0 Å². The molecule has 0 atom stereocenters. The van der Waals surface area contributed by atoms with Crippen molar-refractivity contribution in [3.63, 3.8) is 0 Å². The van der Waals surface area contributed by atoms with E-state index in [4.69, 9.17) is 11.6 Å². The Morgan fingerprint density at radius 1 is 0.960 bits per heavy atom. The summed E-state index contributed by atoms with van der Waals surface area (Å²) in [6.07, 6.45) is 0. The highest BCUT2D eigenvalue weighted by Gasteiger charge is 2.15. The average molecular weight is 479 g/mol. The van der Waals surface area contributed by atoms with Crippen LogP contribution < -0.4 is 5.32 Å². The molecule has 0 saturated heterocycles. The van der Waals surface area contributed by atoms with Crippen molar-refractivity contribution in [2.24, 2.45) is 0 Å². The number of amides is 1. The van der Waals surface area contributed by atoms with Crippen LogP contribution in [-0.2, 0) is 0 Å². The summed E-state index contributed by atoms with van der Waals surface area (Å²) in [5.41, 5.74) is 3.01. The zero-order chi connectivity index (χ0) is 17.6. The van der Waals surface area contributed by atoms with Gasteiger partial charge in [-0.15, -0.1) is 0 Å². The molecule has 6 heteroatoms. The lowest BCUT2D eigenvalue weighted by Gasteiger charge is -2.09. The normalized spacial score (nSPS) is 11.2. The molecule has 4 aromatic rings. The van der Waals surface area contributed by atoms with E-state index >= 15 is 0 Å². The summed E-state index contributed by atoms with van der Waals surface area (Å²) >= 11 is 13.2. The predicted molar refractivity (Wildman–Crippen MR) is 111 cm³/mol. The maximum absolute atomic E-state index is 12.6. The van der Waals surface area contributed by atoms with Crippen LogP contribution in [0.15, 0.2) is 63.5 Å². The second-order valence-electron chi connectivity index (χ2n) is 5.62. The Hall–Kier alpha value is -1.82. The largest absolute Gasteiger partial charge is 0.353 e. The first-order valence-electron chi connectivity index (χ1n) is 7.49. The quantitative estimate of drug-likeness (QED) is 0.329. The van der Waals surface area contributed by atoms with Gasteiger partial charge in [-0.05, 0) is 42.5 Å². The molecule has 0 fully saturated rings. The van der Waals surface area contributed by atoms with Crippen molar-refractivity contribution in [2.75, 3.05) is 5.32 Å². The smallest absolute Gasteiger partial charge is 0.257 e. The first-order chi connectivity index (χ1) is 12.0. The number of carbonyl (C=O) groups excluding carboxylic acids is 1. The fraction of sp³-hybridized carbons (Fsp3) is 0. The summed E-state index contributed by atoms with van der Waals surface area (Å²) in [4.78, 5) is 16.0. The molecule has 0 saturated carbocycles. The van der Waals surface area contributed by atoms with Gasteiger partial charge in [0.25, 0.3) is 5.91 Å². The van der Waals surface area contributed by atoms with E-state index in [0.717, 1.165) is 30.8 Å². The lowest BCUT2D eigenvalue weighted by atomic mass is 10.1. The van der Waals surface area contributed by atoms with Crippen molar-refractivity contribution in [1.29, 1.82) is 0 Å². The Kier molecular flexibility index (Phi) is 4.31. The van der Waals surface area contributed by atoms with Crippen molar-refractivity contribution < 1.29 is 4.79 Å². The van der Waals surface area contributed by atoms with Gasteiger partial charge in [-0.2, -0.15) is 0 Å². The lowest BCUT2D eigenvalue weighted by Crippen LogP contribution is -2.12. The number of halogens is 3. The number of nitrogens with one attached hydrogen (secondary N) is 2. The van der Waals surface area contributed by atoms with Gasteiger partial charge in [0.15, 0.2) is 0 Å². The van der Waals surface area contributed by atoms with Gasteiger partial charge >= 0.3 is 0 Å². The van der Waals surface area contributed by atoms with Gasteiger partial charge in [0.05, 0.1) is 21.8 Å². The van der Waals surface area contributed by atoms with E-state index < -0.39 is 0 Å². The van der Waals surface area contributed by atoms with Gasteiger partial charge < -0.3 is 10.3 Å². The molecule has 0 radical (unpaired) electrons. The molecule has 3 nitrogen and oxygen atoms in total. The third-order valence-electron chi connectivity index (χ3n) is 4.00. The van der Waals surface area contributed by atoms with Gasteiger partial charge in [0.1, 0.15) is 0 Å². The Labute approximate surface area is 165 Å². The zero-order valence-corrected chi connectivity index (χ0v) is 16.7. The molecule has 4 rings (SSSR count). The Balaban J connectivity index is 1.86. The number of H-pyrrole nitrogens is 1. The molecule has 3 aromatic carbocycles. The van der Waals surface area contributed by atoms with Crippen molar-refractivity contribution in [2.45, 2.75) is 0 Å². The van der Waals surface area contributed by atoms with Crippen LogP contribution in [-0.4, -0.2) is 10.9 Å². The molecular formula is C19H11Br2ClN2O. The molecule has 0 aliphatic rings. The molecule has 0 bridgehead atoms. The number of hydrogen-bond acceptors (Lipinski definition) is 1. The van der Waals surface area contributed by atoms with E-state index in [2.05, 4.69) is 48.2 Å². The van der Waals surface area contributed by atoms with E-state index in [1.807, 2.05) is 24.3 Å². The second-order valence-corrected chi connectivity index (χ2v) is 7.86. The summed E-state index contributed by atoms with van der Waals surface area (Å²) in [6.45, 7) is 0. The molecule has 0 aliphatic carbocycles. The minimum Gasteiger partial charge on any atom is -0.353 e. The van der Waals surface area contributed by atoms with Crippen LogP contribution in [0.4, 0.5) is 5.69 Å². The number of carbonyl (C=O) groups is 1. The Morgan fingerprint density at radius 3 is 2.52 bits per heavy atom. The minimum absolute atomic E-state index is 0.246. The zero-order valence-electron chi connectivity index (χ0n) is 12.7. The van der Waals surface area contributed by atoms with Crippen LogP contribution in [0.25, 0.3) is 21.8 Å². The number of hydrogen-bond donors (Lipinski definition) is 2. The third kappa shape index (κ3) is 3.08. The third-order valence-corrected chi connectivity index (χ3v) is 5.28. The van der Waals surface area contributed by atoms with Crippen LogP contribution >= 0.6 is 43.5 Å². The van der Waals surface area contributed by atoms with E-state index in [0.29, 0.717) is 16.3 Å². The van der Waals surface area contributed by atoms with Gasteiger partial charge in [-0.1, -0.05) is 55.6 Å². The topological polar surface area (TPSA) is 44.9 Å². The van der Waals surface area contributed by atoms with Gasteiger partial charge in [-0.3, -0.25) is 4.79 Å². The van der Waals surface area contributed by atoms with Gasteiger partial charge in [-0.25, -0.2) is 0 Å². The molecule has 1 heterocycles. The van der Waals surface area contributed by atoms with Crippen molar-refractivity contribution in [1.82, 2.24) is 4.98 Å². The summed E-state index contributed by atoms with van der Waals surface area (Å²) < 4.78 is 1.89. The minimum atomic E-state index is -0.246. The van der Waals surface area contributed by atoms with Gasteiger partial charge in [0, 0.05) is 25.2 Å².